The van der Waals surface area contributed by atoms with Crippen LogP contribution in [0.1, 0.15) is 26.2 Å². The quantitative estimate of drug-likeness (QED) is 0.580. The molecule has 1 saturated carbocycles. The highest BCUT2D eigenvalue weighted by Crippen LogP contribution is 2.32. The Kier molecular flexibility index (Phi) is 5.72. The topological polar surface area (TPSA) is 54.9 Å². The summed E-state index contributed by atoms with van der Waals surface area (Å²) in [4.78, 5) is 22.1. The van der Waals surface area contributed by atoms with E-state index in [4.69, 9.17) is 9.97 Å². The van der Waals surface area contributed by atoms with Gasteiger partial charge in [-0.25, -0.2) is 4.98 Å². The van der Waals surface area contributed by atoms with Crippen LogP contribution in [0.15, 0.2) is 71.9 Å². The molecule has 28 heavy (non-hydrogen) atoms. The summed E-state index contributed by atoms with van der Waals surface area (Å²) in [6, 6.07) is 20.5. The van der Waals surface area contributed by atoms with Gasteiger partial charge in [0.1, 0.15) is 5.03 Å². The van der Waals surface area contributed by atoms with Crippen molar-refractivity contribution in [2.24, 2.45) is 0 Å². The summed E-state index contributed by atoms with van der Waals surface area (Å²) < 4.78 is 0. The first-order valence-electron chi connectivity index (χ1n) is 9.69. The van der Waals surface area contributed by atoms with Gasteiger partial charge < -0.3 is 5.32 Å². The highest BCUT2D eigenvalue weighted by atomic mass is 32.2. The third-order valence-corrected chi connectivity index (χ3v) is 5.96. The predicted molar refractivity (Wildman–Crippen MR) is 114 cm³/mol. The zero-order valence-corrected chi connectivity index (χ0v) is 16.7. The molecule has 1 aliphatic rings. The number of nitrogens with zero attached hydrogens (tertiary/aromatic N) is 2. The third-order valence-electron chi connectivity index (χ3n) is 4.69. The molecule has 3 aromatic rings. The fourth-order valence-corrected chi connectivity index (χ4v) is 3.91. The molecule has 1 unspecified atom stereocenters. The Bertz CT molecular complexity index is 943. The molecule has 1 heterocycles. The molecule has 0 bridgehead atoms. The van der Waals surface area contributed by atoms with Crippen molar-refractivity contribution in [3.05, 3.63) is 66.9 Å². The van der Waals surface area contributed by atoms with Crippen molar-refractivity contribution in [3.8, 4) is 22.5 Å². The number of benzene rings is 2. The first-order valence-corrected chi connectivity index (χ1v) is 10.6. The maximum absolute atomic E-state index is 12.5. The lowest BCUT2D eigenvalue weighted by atomic mass is 10.0. The van der Waals surface area contributed by atoms with Gasteiger partial charge in [-0.1, -0.05) is 79.3 Å². The molecule has 1 N–H and O–H groups in total. The standard InChI is InChI=1S/C23H23N3OS/c1-2-19(23(27)25-18-13-14-18)28-20-15-24-21(16-9-5-3-6-10-16)22(26-20)17-11-7-4-8-12-17/h3-12,15,18-19H,2,13-14H2,1H3,(H,25,27). The van der Waals surface area contributed by atoms with Gasteiger partial charge in [-0.15, -0.1) is 0 Å². The average Bonchev–Trinajstić information content (AvgIpc) is 3.57. The van der Waals surface area contributed by atoms with Crippen molar-refractivity contribution in [3.63, 3.8) is 0 Å². The Morgan fingerprint density at radius 1 is 1.04 bits per heavy atom. The molecular weight excluding hydrogens is 366 g/mol. The number of hydrogen-bond donors (Lipinski definition) is 1. The lowest BCUT2D eigenvalue weighted by Gasteiger charge is -2.15. The molecule has 5 heteroatoms. The molecule has 0 aliphatic heterocycles. The second kappa shape index (κ2) is 8.57. The minimum absolute atomic E-state index is 0.102. The normalized spacial score (nSPS) is 14.5. The van der Waals surface area contributed by atoms with Crippen LogP contribution in [-0.2, 0) is 4.79 Å². The summed E-state index contributed by atoms with van der Waals surface area (Å²) in [6.07, 6.45) is 4.73. The van der Waals surface area contributed by atoms with Crippen LogP contribution in [0.2, 0.25) is 0 Å². The lowest BCUT2D eigenvalue weighted by Crippen LogP contribution is -2.33. The van der Waals surface area contributed by atoms with E-state index in [0.29, 0.717) is 6.04 Å². The van der Waals surface area contributed by atoms with Crippen LogP contribution in [0.5, 0.6) is 0 Å². The monoisotopic (exact) mass is 389 g/mol. The molecule has 0 saturated heterocycles. The molecule has 4 rings (SSSR count). The molecule has 0 radical (unpaired) electrons. The van der Waals surface area contributed by atoms with Crippen LogP contribution in [0.25, 0.3) is 22.5 Å². The van der Waals surface area contributed by atoms with E-state index in [1.807, 2.05) is 67.6 Å². The number of hydrogen-bond acceptors (Lipinski definition) is 4. The highest BCUT2D eigenvalue weighted by molar-refractivity contribution is 8.00. The number of rotatable bonds is 7. The second-order valence-corrected chi connectivity index (χ2v) is 8.16. The molecule has 0 spiro atoms. The van der Waals surface area contributed by atoms with E-state index in [-0.39, 0.29) is 11.2 Å². The fraction of sp³-hybridized carbons (Fsp3) is 0.261. The average molecular weight is 390 g/mol. The molecule has 1 amide bonds. The van der Waals surface area contributed by atoms with Gasteiger partial charge in [0.15, 0.2) is 0 Å². The van der Waals surface area contributed by atoms with E-state index in [0.717, 1.165) is 46.8 Å². The van der Waals surface area contributed by atoms with Crippen LogP contribution in [0.3, 0.4) is 0 Å². The number of carbonyl (C=O) groups is 1. The molecule has 142 valence electrons. The number of thioether (sulfide) groups is 1. The van der Waals surface area contributed by atoms with E-state index < -0.39 is 0 Å². The Morgan fingerprint density at radius 2 is 1.64 bits per heavy atom. The van der Waals surface area contributed by atoms with Crippen molar-refractivity contribution < 1.29 is 4.79 Å². The van der Waals surface area contributed by atoms with E-state index >= 15 is 0 Å². The van der Waals surface area contributed by atoms with Gasteiger partial charge in [-0.05, 0) is 19.3 Å². The van der Waals surface area contributed by atoms with Gasteiger partial charge in [0.25, 0.3) is 0 Å². The van der Waals surface area contributed by atoms with Crippen LogP contribution >= 0.6 is 11.8 Å². The predicted octanol–water partition coefficient (Wildman–Crippen LogP) is 4.96. The van der Waals surface area contributed by atoms with Gasteiger partial charge in [-0.2, -0.15) is 0 Å². The molecule has 2 aromatic carbocycles. The van der Waals surface area contributed by atoms with Crippen LogP contribution in [-0.4, -0.2) is 27.2 Å². The van der Waals surface area contributed by atoms with Gasteiger partial charge in [0.2, 0.25) is 5.91 Å². The van der Waals surface area contributed by atoms with Gasteiger partial charge in [-0.3, -0.25) is 9.78 Å². The van der Waals surface area contributed by atoms with Crippen LogP contribution in [0.4, 0.5) is 0 Å². The molecule has 1 atom stereocenters. The zero-order valence-electron chi connectivity index (χ0n) is 15.8. The maximum atomic E-state index is 12.5. The number of aromatic nitrogens is 2. The Hall–Kier alpha value is -2.66. The van der Waals surface area contributed by atoms with Gasteiger partial charge >= 0.3 is 0 Å². The molecule has 4 nitrogen and oxygen atoms in total. The SMILES string of the molecule is CCC(Sc1cnc(-c2ccccc2)c(-c2ccccc2)n1)C(=O)NC1CC1. The van der Waals surface area contributed by atoms with Crippen molar-refractivity contribution in [2.45, 2.75) is 42.5 Å². The van der Waals surface area contributed by atoms with Crippen molar-refractivity contribution in [1.29, 1.82) is 0 Å². The molecule has 1 aliphatic carbocycles. The maximum Gasteiger partial charge on any atom is 0.233 e. The Morgan fingerprint density at radius 3 is 2.21 bits per heavy atom. The van der Waals surface area contributed by atoms with Gasteiger partial charge in [0.05, 0.1) is 22.8 Å². The number of nitrogens with one attached hydrogen (secondary N) is 1. The Labute approximate surface area is 169 Å². The summed E-state index contributed by atoms with van der Waals surface area (Å²) in [5.41, 5.74) is 3.75. The van der Waals surface area contributed by atoms with Gasteiger partial charge in [0, 0.05) is 17.2 Å². The summed E-state index contributed by atoms with van der Waals surface area (Å²) in [7, 11) is 0. The first-order chi connectivity index (χ1) is 13.7. The van der Waals surface area contributed by atoms with Crippen molar-refractivity contribution in [2.75, 3.05) is 0 Å². The Balaban J connectivity index is 1.66. The minimum atomic E-state index is -0.152. The van der Waals surface area contributed by atoms with E-state index in [1.54, 1.807) is 6.20 Å². The lowest BCUT2D eigenvalue weighted by molar-refractivity contribution is -0.120. The summed E-state index contributed by atoms with van der Waals surface area (Å²) in [5, 5.41) is 3.72. The fourth-order valence-electron chi connectivity index (χ4n) is 3.02. The highest BCUT2D eigenvalue weighted by Gasteiger charge is 2.27. The van der Waals surface area contributed by atoms with Crippen LogP contribution < -0.4 is 5.32 Å². The molecule has 1 fully saturated rings. The first kappa shape index (κ1) is 18.7. The van der Waals surface area contributed by atoms with E-state index in [1.165, 1.54) is 11.8 Å². The van der Waals surface area contributed by atoms with Crippen molar-refractivity contribution >= 4 is 17.7 Å². The number of amides is 1. The van der Waals surface area contributed by atoms with E-state index in [2.05, 4.69) is 5.32 Å². The second-order valence-electron chi connectivity index (χ2n) is 6.94. The summed E-state index contributed by atoms with van der Waals surface area (Å²) >= 11 is 1.49. The van der Waals surface area contributed by atoms with E-state index in [9.17, 15) is 4.79 Å². The molecule has 1 aromatic heterocycles. The van der Waals surface area contributed by atoms with Crippen LogP contribution in [0, 0.1) is 0 Å². The molecular formula is C23H23N3OS. The summed E-state index contributed by atoms with van der Waals surface area (Å²) in [6.45, 7) is 2.04. The summed E-state index contributed by atoms with van der Waals surface area (Å²) in [5.74, 6) is 0.102. The minimum Gasteiger partial charge on any atom is -0.352 e. The number of carbonyl (C=O) groups excluding carboxylic acids is 1. The third kappa shape index (κ3) is 4.42. The van der Waals surface area contributed by atoms with Crippen molar-refractivity contribution in [1.82, 2.24) is 15.3 Å². The smallest absolute Gasteiger partial charge is 0.233 e. The largest absolute Gasteiger partial charge is 0.352 e. The zero-order chi connectivity index (χ0) is 19.3.